The molecular weight excluding hydrogens is 316 g/mol. The van der Waals surface area contributed by atoms with Gasteiger partial charge in [0.15, 0.2) is 11.7 Å². The highest BCUT2D eigenvalue weighted by atomic mass is 16.5. The lowest BCUT2D eigenvalue weighted by atomic mass is 9.87. The van der Waals surface area contributed by atoms with Gasteiger partial charge in [-0.3, -0.25) is 0 Å². The first-order chi connectivity index (χ1) is 12.2. The van der Waals surface area contributed by atoms with Gasteiger partial charge >= 0.3 is 0 Å². The molecule has 6 nitrogen and oxygen atoms in total. The molecule has 3 heterocycles. The molecule has 2 aliphatic rings. The van der Waals surface area contributed by atoms with Crippen molar-refractivity contribution in [3.63, 3.8) is 0 Å². The molecule has 1 aromatic heterocycles. The molecule has 2 fully saturated rings. The van der Waals surface area contributed by atoms with Crippen LogP contribution in [0.1, 0.15) is 63.8 Å². The third kappa shape index (κ3) is 4.17. The van der Waals surface area contributed by atoms with E-state index in [0.717, 1.165) is 63.1 Å². The van der Waals surface area contributed by atoms with Crippen LogP contribution < -0.4 is 5.32 Å². The smallest absolute Gasteiger partial charge is 0.194 e. The Bertz CT molecular complexity index is 574. The van der Waals surface area contributed by atoms with Gasteiger partial charge in [-0.1, -0.05) is 19.0 Å². The molecule has 1 atom stereocenters. The van der Waals surface area contributed by atoms with Gasteiger partial charge in [-0.15, -0.1) is 0 Å². The zero-order chi connectivity index (χ0) is 17.7. The molecule has 0 aliphatic carbocycles. The highest BCUT2D eigenvalue weighted by Gasteiger charge is 2.42. The Balaban J connectivity index is 1.64. The van der Waals surface area contributed by atoms with Crippen molar-refractivity contribution in [2.75, 3.05) is 32.8 Å². The van der Waals surface area contributed by atoms with Crippen LogP contribution >= 0.6 is 0 Å². The SMILES string of the molecule is CCNC(=NCc1cc(C(CC)CC)no1)N1CCC2(CCOC2)C1. The second-order valence-corrected chi connectivity index (χ2v) is 7.38. The van der Waals surface area contributed by atoms with Gasteiger partial charge in [0.25, 0.3) is 0 Å². The quantitative estimate of drug-likeness (QED) is 0.632. The Labute approximate surface area is 151 Å². The first kappa shape index (κ1) is 18.2. The lowest BCUT2D eigenvalue weighted by Gasteiger charge is -2.24. The van der Waals surface area contributed by atoms with Crippen molar-refractivity contribution in [2.45, 2.75) is 58.9 Å². The van der Waals surface area contributed by atoms with Crippen molar-refractivity contribution in [3.8, 4) is 0 Å². The molecule has 6 heteroatoms. The second kappa shape index (κ2) is 8.21. The summed E-state index contributed by atoms with van der Waals surface area (Å²) >= 11 is 0. The normalized spacial score (nSPS) is 24.0. The highest BCUT2D eigenvalue weighted by Crippen LogP contribution is 2.38. The van der Waals surface area contributed by atoms with Crippen LogP contribution in [0.15, 0.2) is 15.6 Å². The number of hydrogen-bond donors (Lipinski definition) is 1. The summed E-state index contributed by atoms with van der Waals surface area (Å²) in [7, 11) is 0. The van der Waals surface area contributed by atoms with Gasteiger partial charge in [0.1, 0.15) is 6.54 Å². The topological polar surface area (TPSA) is 62.9 Å². The van der Waals surface area contributed by atoms with E-state index >= 15 is 0 Å². The molecule has 1 spiro atoms. The van der Waals surface area contributed by atoms with Gasteiger partial charge in [0.2, 0.25) is 0 Å². The number of rotatable bonds is 6. The van der Waals surface area contributed by atoms with Gasteiger partial charge < -0.3 is 19.5 Å². The van der Waals surface area contributed by atoms with E-state index in [1.165, 1.54) is 12.8 Å². The van der Waals surface area contributed by atoms with Crippen molar-refractivity contribution in [1.29, 1.82) is 0 Å². The third-order valence-corrected chi connectivity index (χ3v) is 5.62. The molecule has 0 radical (unpaired) electrons. The summed E-state index contributed by atoms with van der Waals surface area (Å²) in [6.45, 7) is 11.8. The fourth-order valence-electron chi connectivity index (χ4n) is 3.97. The Morgan fingerprint density at radius 2 is 2.20 bits per heavy atom. The lowest BCUT2D eigenvalue weighted by molar-refractivity contribution is 0.156. The Morgan fingerprint density at radius 3 is 2.88 bits per heavy atom. The average Bonchev–Trinajstić information content (AvgIpc) is 3.36. The number of aliphatic imine (C=N–C) groups is 1. The minimum atomic E-state index is 0.338. The maximum Gasteiger partial charge on any atom is 0.194 e. The zero-order valence-electron chi connectivity index (χ0n) is 15.9. The number of nitrogens with zero attached hydrogens (tertiary/aromatic N) is 3. The Kier molecular flexibility index (Phi) is 5.99. The minimum Gasteiger partial charge on any atom is -0.381 e. The molecule has 1 N–H and O–H groups in total. The van der Waals surface area contributed by atoms with E-state index in [1.54, 1.807) is 0 Å². The molecular formula is C19H32N4O2. The summed E-state index contributed by atoms with van der Waals surface area (Å²) in [5, 5.41) is 7.67. The van der Waals surface area contributed by atoms with Crippen molar-refractivity contribution >= 4 is 5.96 Å². The molecule has 2 saturated heterocycles. The monoisotopic (exact) mass is 348 g/mol. The molecule has 1 unspecified atom stereocenters. The van der Waals surface area contributed by atoms with E-state index in [-0.39, 0.29) is 0 Å². The van der Waals surface area contributed by atoms with Crippen LogP contribution in [0.3, 0.4) is 0 Å². The van der Waals surface area contributed by atoms with E-state index in [9.17, 15) is 0 Å². The maximum atomic E-state index is 5.64. The predicted octanol–water partition coefficient (Wildman–Crippen LogP) is 3.16. The van der Waals surface area contributed by atoms with E-state index in [2.05, 4.69) is 42.2 Å². The summed E-state index contributed by atoms with van der Waals surface area (Å²) in [6.07, 6.45) is 4.54. The number of ether oxygens (including phenoxy) is 1. The summed E-state index contributed by atoms with van der Waals surface area (Å²) in [5.41, 5.74) is 1.40. The number of likely N-dealkylation sites (tertiary alicyclic amines) is 1. The third-order valence-electron chi connectivity index (χ3n) is 5.62. The van der Waals surface area contributed by atoms with Gasteiger partial charge in [-0.2, -0.15) is 0 Å². The number of hydrogen-bond acceptors (Lipinski definition) is 4. The van der Waals surface area contributed by atoms with E-state index in [0.29, 0.717) is 17.9 Å². The Hall–Kier alpha value is -1.56. The standard InChI is InChI=1S/C19H32N4O2/c1-4-15(5-2)17-11-16(25-22-17)12-21-18(20-6-3)23-9-7-19(13-23)8-10-24-14-19/h11,15H,4-10,12-14H2,1-3H3,(H,20,21). The van der Waals surface area contributed by atoms with Crippen molar-refractivity contribution in [3.05, 3.63) is 17.5 Å². The van der Waals surface area contributed by atoms with E-state index < -0.39 is 0 Å². The van der Waals surface area contributed by atoms with Crippen molar-refractivity contribution < 1.29 is 9.26 Å². The van der Waals surface area contributed by atoms with Gasteiger partial charge in [0.05, 0.1) is 12.3 Å². The highest BCUT2D eigenvalue weighted by molar-refractivity contribution is 5.80. The minimum absolute atomic E-state index is 0.338. The molecule has 3 rings (SSSR count). The molecule has 1 aromatic rings. The lowest BCUT2D eigenvalue weighted by Crippen LogP contribution is -2.41. The van der Waals surface area contributed by atoms with Gasteiger partial charge in [0, 0.05) is 43.6 Å². The first-order valence-electron chi connectivity index (χ1n) is 9.76. The fourth-order valence-corrected chi connectivity index (χ4v) is 3.97. The van der Waals surface area contributed by atoms with Crippen LogP contribution in [0.4, 0.5) is 0 Å². The van der Waals surface area contributed by atoms with Gasteiger partial charge in [-0.05, 0) is 32.6 Å². The van der Waals surface area contributed by atoms with Crippen LogP contribution in [-0.2, 0) is 11.3 Å². The average molecular weight is 348 g/mol. The van der Waals surface area contributed by atoms with E-state index in [1.807, 2.05) is 0 Å². The van der Waals surface area contributed by atoms with Crippen LogP contribution in [0.5, 0.6) is 0 Å². The van der Waals surface area contributed by atoms with Crippen molar-refractivity contribution in [1.82, 2.24) is 15.4 Å². The molecule has 0 bridgehead atoms. The molecule has 25 heavy (non-hydrogen) atoms. The predicted molar refractivity (Wildman–Crippen MR) is 98.7 cm³/mol. The molecule has 0 saturated carbocycles. The van der Waals surface area contributed by atoms with E-state index in [4.69, 9.17) is 14.3 Å². The molecule has 140 valence electrons. The van der Waals surface area contributed by atoms with Crippen molar-refractivity contribution in [2.24, 2.45) is 10.4 Å². The van der Waals surface area contributed by atoms with Crippen LogP contribution in [-0.4, -0.2) is 48.9 Å². The molecule has 0 amide bonds. The number of nitrogens with one attached hydrogen (secondary N) is 1. The first-order valence-corrected chi connectivity index (χ1v) is 9.76. The Morgan fingerprint density at radius 1 is 1.36 bits per heavy atom. The molecule has 0 aromatic carbocycles. The maximum absolute atomic E-state index is 5.64. The van der Waals surface area contributed by atoms with Gasteiger partial charge in [-0.25, -0.2) is 4.99 Å². The number of guanidine groups is 1. The number of aromatic nitrogens is 1. The fraction of sp³-hybridized carbons (Fsp3) is 0.789. The summed E-state index contributed by atoms with van der Waals surface area (Å²) in [6, 6.07) is 2.07. The summed E-state index contributed by atoms with van der Waals surface area (Å²) < 4.78 is 11.1. The summed E-state index contributed by atoms with van der Waals surface area (Å²) in [4.78, 5) is 7.17. The molecule has 2 aliphatic heterocycles. The van der Waals surface area contributed by atoms with Crippen LogP contribution in [0.2, 0.25) is 0 Å². The second-order valence-electron chi connectivity index (χ2n) is 7.38. The zero-order valence-corrected chi connectivity index (χ0v) is 15.9. The summed E-state index contributed by atoms with van der Waals surface area (Å²) in [5.74, 6) is 2.30. The van der Waals surface area contributed by atoms with Crippen LogP contribution in [0, 0.1) is 5.41 Å². The van der Waals surface area contributed by atoms with Crippen LogP contribution in [0.25, 0.3) is 0 Å². The largest absolute Gasteiger partial charge is 0.381 e.